The molecule has 8 heteroatoms. The number of carbonyl (C=O) groups is 2. The molecule has 0 saturated carbocycles. The lowest BCUT2D eigenvalue weighted by Crippen LogP contribution is -2.44. The minimum Gasteiger partial charge on any atom is -0.379 e. The van der Waals surface area contributed by atoms with Crippen molar-refractivity contribution < 1.29 is 18.7 Å². The van der Waals surface area contributed by atoms with E-state index in [1.165, 1.54) is 28.8 Å². The molecule has 0 radical (unpaired) electrons. The van der Waals surface area contributed by atoms with Crippen LogP contribution in [-0.4, -0.2) is 41.4 Å². The summed E-state index contributed by atoms with van der Waals surface area (Å²) in [6.07, 6.45) is 0.794. The average molecular weight is 470 g/mol. The number of thioether (sulfide) groups is 1. The summed E-state index contributed by atoms with van der Waals surface area (Å²) in [5.41, 5.74) is 2.28. The van der Waals surface area contributed by atoms with Crippen molar-refractivity contribution in [2.45, 2.75) is 37.4 Å². The Kier molecular flexibility index (Phi) is 7.05. The molecule has 1 aliphatic heterocycles. The van der Waals surface area contributed by atoms with Crippen LogP contribution in [0.3, 0.4) is 0 Å². The zero-order chi connectivity index (χ0) is 23.5. The molecule has 3 aromatic rings. The fourth-order valence-corrected chi connectivity index (χ4v) is 5.22. The summed E-state index contributed by atoms with van der Waals surface area (Å²) < 4.78 is 21.2. The highest BCUT2D eigenvalue weighted by Crippen LogP contribution is 2.43. The maximum atomic E-state index is 13.6. The van der Waals surface area contributed by atoms with Gasteiger partial charge in [-0.05, 0) is 50.6 Å². The second-order valence-electron chi connectivity index (χ2n) is 8.29. The van der Waals surface area contributed by atoms with Gasteiger partial charge in [-0.2, -0.15) is 0 Å². The van der Waals surface area contributed by atoms with Crippen molar-refractivity contribution >= 4 is 40.2 Å². The number of hydrogen-bond acceptors (Lipinski definition) is 4. The lowest BCUT2D eigenvalue weighted by molar-refractivity contribution is -0.125. The highest BCUT2D eigenvalue weighted by Gasteiger charge is 2.39. The third kappa shape index (κ3) is 4.77. The molecule has 0 spiro atoms. The number of rotatable bonds is 7. The van der Waals surface area contributed by atoms with Crippen LogP contribution in [0.4, 0.5) is 10.1 Å². The minimum absolute atomic E-state index is 0.129. The lowest BCUT2D eigenvalue weighted by atomic mass is 10.0. The Balaban J connectivity index is 1.76. The van der Waals surface area contributed by atoms with Crippen LogP contribution in [0.5, 0.6) is 0 Å². The molecule has 2 aromatic carbocycles. The molecule has 0 fully saturated rings. The van der Waals surface area contributed by atoms with Crippen LogP contribution < -0.4 is 10.2 Å². The third-order valence-electron chi connectivity index (χ3n) is 5.65. The van der Waals surface area contributed by atoms with Crippen molar-refractivity contribution in [1.29, 1.82) is 0 Å². The van der Waals surface area contributed by atoms with Crippen LogP contribution in [0.15, 0.2) is 53.6 Å². The highest BCUT2D eigenvalue weighted by atomic mass is 32.2. The van der Waals surface area contributed by atoms with Gasteiger partial charge in [0.05, 0.1) is 16.9 Å². The Morgan fingerprint density at radius 3 is 2.67 bits per heavy atom. The largest absolute Gasteiger partial charge is 0.379 e. The van der Waals surface area contributed by atoms with Crippen molar-refractivity contribution in [3.63, 3.8) is 0 Å². The molecule has 0 bridgehead atoms. The van der Waals surface area contributed by atoms with Gasteiger partial charge in [-0.1, -0.05) is 30.0 Å². The first-order chi connectivity index (χ1) is 15.9. The first kappa shape index (κ1) is 23.3. The van der Waals surface area contributed by atoms with Crippen LogP contribution >= 0.6 is 11.8 Å². The molecule has 33 heavy (non-hydrogen) atoms. The summed E-state index contributed by atoms with van der Waals surface area (Å²) in [5, 5.41) is 4.81. The number of aryl methyl sites for hydroxylation is 1. The molecule has 1 N–H and O–H groups in total. The van der Waals surface area contributed by atoms with E-state index in [0.717, 1.165) is 21.5 Å². The predicted molar refractivity (Wildman–Crippen MR) is 129 cm³/mol. The number of halogens is 1. The van der Waals surface area contributed by atoms with Gasteiger partial charge < -0.3 is 14.6 Å². The molecule has 1 unspecified atom stereocenters. The van der Waals surface area contributed by atoms with E-state index in [0.29, 0.717) is 25.3 Å². The second kappa shape index (κ2) is 9.97. The third-order valence-corrected chi connectivity index (χ3v) is 6.81. The average Bonchev–Trinajstić information content (AvgIpc) is 2.97. The van der Waals surface area contributed by atoms with Gasteiger partial charge in [-0.15, -0.1) is 0 Å². The molecule has 6 nitrogen and oxygen atoms in total. The van der Waals surface area contributed by atoms with Gasteiger partial charge in [-0.3, -0.25) is 14.5 Å². The number of benzene rings is 2. The second-order valence-corrected chi connectivity index (χ2v) is 9.25. The first-order valence-electron chi connectivity index (χ1n) is 11.1. The number of nitrogens with zero attached hydrogens (tertiary/aromatic N) is 2. The van der Waals surface area contributed by atoms with Crippen LogP contribution in [-0.2, 0) is 21.4 Å². The standard InChI is InChI=1S/C25H28FN3O3S/c1-16(2)32-14-6-13-27-24(31)23-22-19-7-4-5-8-20(19)28(3)25(22)33-15-21(30)29(23)18-11-9-17(26)10-12-18/h4-5,7-12,16,23H,6,13-15H2,1-3H3,(H,27,31). The van der Waals surface area contributed by atoms with Crippen LogP contribution in [0.25, 0.3) is 10.9 Å². The number of ether oxygens (including phenoxy) is 1. The van der Waals surface area contributed by atoms with Gasteiger partial charge in [-0.25, -0.2) is 4.39 Å². The first-order valence-corrected chi connectivity index (χ1v) is 12.0. The molecule has 1 aliphatic rings. The Morgan fingerprint density at radius 2 is 1.94 bits per heavy atom. The maximum absolute atomic E-state index is 13.6. The van der Waals surface area contributed by atoms with Gasteiger partial charge in [0.15, 0.2) is 0 Å². The number of carbonyl (C=O) groups excluding carboxylic acids is 2. The van der Waals surface area contributed by atoms with Gasteiger partial charge in [0, 0.05) is 42.4 Å². The van der Waals surface area contributed by atoms with E-state index < -0.39 is 11.9 Å². The summed E-state index contributed by atoms with van der Waals surface area (Å²) >= 11 is 1.43. The van der Waals surface area contributed by atoms with Gasteiger partial charge in [0.25, 0.3) is 0 Å². The Bertz CT molecular complexity index is 1160. The van der Waals surface area contributed by atoms with E-state index in [2.05, 4.69) is 5.32 Å². The normalized spacial score (nSPS) is 16.2. The molecule has 1 atom stereocenters. The summed E-state index contributed by atoms with van der Waals surface area (Å²) in [6.45, 7) is 4.91. The Labute approximate surface area is 197 Å². The van der Waals surface area contributed by atoms with E-state index in [-0.39, 0.29) is 23.7 Å². The van der Waals surface area contributed by atoms with E-state index >= 15 is 0 Å². The van der Waals surface area contributed by atoms with E-state index in [9.17, 15) is 14.0 Å². The Hall–Kier alpha value is -2.84. The maximum Gasteiger partial charge on any atom is 0.247 e. The number of para-hydroxylation sites is 1. The zero-order valence-electron chi connectivity index (χ0n) is 19.0. The van der Waals surface area contributed by atoms with Crippen molar-refractivity contribution in [2.24, 2.45) is 7.05 Å². The molecule has 0 saturated heterocycles. The molecular formula is C25H28FN3O3S. The van der Waals surface area contributed by atoms with E-state index in [1.54, 1.807) is 12.1 Å². The number of nitrogens with one attached hydrogen (secondary N) is 1. The van der Waals surface area contributed by atoms with Crippen molar-refractivity contribution in [1.82, 2.24) is 9.88 Å². The quantitative estimate of drug-likeness (QED) is 0.520. The summed E-state index contributed by atoms with van der Waals surface area (Å²) in [6, 6.07) is 12.7. The topological polar surface area (TPSA) is 63.6 Å². The number of amides is 2. The molecule has 174 valence electrons. The van der Waals surface area contributed by atoms with Crippen LogP contribution in [0.2, 0.25) is 0 Å². The molecular weight excluding hydrogens is 441 g/mol. The van der Waals surface area contributed by atoms with Crippen LogP contribution in [0, 0.1) is 5.82 Å². The fourth-order valence-electron chi connectivity index (χ4n) is 4.15. The molecule has 1 aromatic heterocycles. The van der Waals surface area contributed by atoms with Gasteiger partial charge in [0.1, 0.15) is 11.9 Å². The SMILES string of the molecule is CC(C)OCCCNC(=O)C1c2c(n(C)c3ccccc23)SCC(=O)N1c1ccc(F)cc1. The monoisotopic (exact) mass is 469 g/mol. The molecule has 2 heterocycles. The zero-order valence-corrected chi connectivity index (χ0v) is 19.8. The summed E-state index contributed by atoms with van der Waals surface area (Å²) in [4.78, 5) is 28.4. The Morgan fingerprint density at radius 1 is 1.21 bits per heavy atom. The fraction of sp³-hybridized carbons (Fsp3) is 0.360. The number of hydrogen-bond donors (Lipinski definition) is 1. The molecule has 4 rings (SSSR count). The lowest BCUT2D eigenvalue weighted by Gasteiger charge is -2.30. The van der Waals surface area contributed by atoms with Crippen molar-refractivity contribution in [2.75, 3.05) is 23.8 Å². The van der Waals surface area contributed by atoms with Gasteiger partial charge >= 0.3 is 0 Å². The molecule has 2 amide bonds. The van der Waals surface area contributed by atoms with E-state index in [4.69, 9.17) is 4.74 Å². The number of fused-ring (bicyclic) bond motifs is 3. The van der Waals surface area contributed by atoms with Gasteiger partial charge in [0.2, 0.25) is 11.8 Å². The number of aromatic nitrogens is 1. The number of anilines is 1. The highest BCUT2D eigenvalue weighted by molar-refractivity contribution is 8.00. The molecule has 0 aliphatic carbocycles. The minimum atomic E-state index is -0.870. The summed E-state index contributed by atoms with van der Waals surface area (Å²) in [5.74, 6) is -0.680. The summed E-state index contributed by atoms with van der Waals surface area (Å²) in [7, 11) is 1.95. The predicted octanol–water partition coefficient (Wildman–Crippen LogP) is 4.43. The van der Waals surface area contributed by atoms with E-state index in [1.807, 2.05) is 49.7 Å². The van der Waals surface area contributed by atoms with Crippen molar-refractivity contribution in [3.8, 4) is 0 Å². The van der Waals surface area contributed by atoms with Crippen molar-refractivity contribution in [3.05, 3.63) is 59.9 Å². The van der Waals surface area contributed by atoms with Crippen LogP contribution in [0.1, 0.15) is 31.9 Å². The smallest absolute Gasteiger partial charge is 0.247 e.